The molecule has 2 aromatic rings. The van der Waals surface area contributed by atoms with Crippen molar-refractivity contribution in [2.45, 2.75) is 50.3 Å². The van der Waals surface area contributed by atoms with Gasteiger partial charge in [0, 0.05) is 24.8 Å². The molecule has 1 atom stereocenters. The van der Waals surface area contributed by atoms with Gasteiger partial charge in [-0.3, -0.25) is 0 Å². The molecule has 4 heteroatoms. The molecule has 1 unspecified atom stereocenters. The number of benzene rings is 1. The van der Waals surface area contributed by atoms with Crippen LogP contribution >= 0.6 is 0 Å². The molecule has 0 amide bonds. The van der Waals surface area contributed by atoms with E-state index in [2.05, 4.69) is 29.3 Å². The van der Waals surface area contributed by atoms with Crippen LogP contribution in [0.2, 0.25) is 0 Å². The van der Waals surface area contributed by atoms with Gasteiger partial charge in [0.25, 0.3) is 0 Å². The Bertz CT molecular complexity index is 744. The van der Waals surface area contributed by atoms with Gasteiger partial charge in [0.15, 0.2) is 5.72 Å². The lowest BCUT2D eigenvalue weighted by Crippen LogP contribution is -2.54. The van der Waals surface area contributed by atoms with Gasteiger partial charge in [-0.1, -0.05) is 24.6 Å². The Balaban J connectivity index is 1.61. The molecule has 3 heterocycles. The SMILES string of the molecule is c1coc(C2=NN3C(C2)c2ccccc2OC32CCCCC2)c1. The third kappa shape index (κ3) is 1.94. The zero-order valence-electron chi connectivity index (χ0n) is 13.1. The van der Waals surface area contributed by atoms with E-state index in [0.29, 0.717) is 0 Å². The van der Waals surface area contributed by atoms with Crippen LogP contribution in [0.5, 0.6) is 5.75 Å². The minimum atomic E-state index is -0.272. The number of nitrogens with zero attached hydrogens (tertiary/aromatic N) is 2. The standard InChI is InChI=1S/C19H20N2O2/c1-4-10-19(11-5-1)21-16(14-7-2-3-8-17(14)23-19)13-15(20-21)18-9-6-12-22-18/h2-3,6-9,12,16H,1,4-5,10-11,13H2. The molecule has 118 valence electrons. The molecule has 0 saturated heterocycles. The number of ether oxygens (including phenoxy) is 1. The van der Waals surface area contributed by atoms with Crippen molar-refractivity contribution >= 4 is 5.71 Å². The predicted molar refractivity (Wildman–Crippen MR) is 87.3 cm³/mol. The summed E-state index contributed by atoms with van der Waals surface area (Å²) < 4.78 is 12.1. The van der Waals surface area contributed by atoms with Gasteiger partial charge in [-0.2, -0.15) is 5.10 Å². The molecule has 3 aliphatic rings. The summed E-state index contributed by atoms with van der Waals surface area (Å²) >= 11 is 0. The normalized spacial score (nSPS) is 24.8. The van der Waals surface area contributed by atoms with Crippen LogP contribution in [0.1, 0.15) is 55.9 Å². The number of rotatable bonds is 1. The summed E-state index contributed by atoms with van der Waals surface area (Å²) in [5.74, 6) is 1.91. The van der Waals surface area contributed by atoms with Gasteiger partial charge in [-0.25, -0.2) is 5.01 Å². The van der Waals surface area contributed by atoms with E-state index < -0.39 is 0 Å². The van der Waals surface area contributed by atoms with Crippen LogP contribution in [0.3, 0.4) is 0 Å². The van der Waals surface area contributed by atoms with Crippen LogP contribution in [0.4, 0.5) is 0 Å². The summed E-state index contributed by atoms with van der Waals surface area (Å²) in [5.41, 5.74) is 2.00. The maximum absolute atomic E-state index is 6.53. The number of furan rings is 1. The van der Waals surface area contributed by atoms with Crippen LogP contribution in [0.25, 0.3) is 0 Å². The van der Waals surface area contributed by atoms with Gasteiger partial charge >= 0.3 is 0 Å². The van der Waals surface area contributed by atoms with Crippen LogP contribution < -0.4 is 4.74 Å². The van der Waals surface area contributed by atoms with Crippen molar-refractivity contribution < 1.29 is 9.15 Å². The van der Waals surface area contributed by atoms with Gasteiger partial charge in [0.2, 0.25) is 0 Å². The van der Waals surface area contributed by atoms with Crippen molar-refractivity contribution in [3.63, 3.8) is 0 Å². The first-order valence-electron chi connectivity index (χ1n) is 8.54. The molecular weight excluding hydrogens is 288 g/mol. The molecule has 1 fully saturated rings. The van der Waals surface area contributed by atoms with Gasteiger partial charge in [0.05, 0.1) is 12.3 Å². The van der Waals surface area contributed by atoms with E-state index in [1.54, 1.807) is 6.26 Å². The summed E-state index contributed by atoms with van der Waals surface area (Å²) in [4.78, 5) is 0. The maximum atomic E-state index is 6.53. The molecule has 5 rings (SSSR count). The Labute approximate surface area is 135 Å². The monoisotopic (exact) mass is 308 g/mol. The fourth-order valence-corrected chi connectivity index (χ4v) is 4.26. The zero-order chi connectivity index (χ0) is 15.3. The molecule has 4 nitrogen and oxygen atoms in total. The first kappa shape index (κ1) is 13.2. The highest BCUT2D eigenvalue weighted by molar-refractivity contribution is 5.99. The summed E-state index contributed by atoms with van der Waals surface area (Å²) in [6.07, 6.45) is 8.40. The molecule has 1 aromatic heterocycles. The van der Waals surface area contributed by atoms with Crippen molar-refractivity contribution in [2.75, 3.05) is 0 Å². The third-order valence-electron chi connectivity index (χ3n) is 5.35. The molecule has 2 aliphatic heterocycles. The number of hydrazone groups is 1. The summed E-state index contributed by atoms with van der Waals surface area (Å²) in [6.45, 7) is 0. The van der Waals surface area contributed by atoms with Gasteiger partial charge in [-0.15, -0.1) is 0 Å². The lowest BCUT2D eigenvalue weighted by atomic mass is 9.87. The van der Waals surface area contributed by atoms with E-state index in [4.69, 9.17) is 14.3 Å². The third-order valence-corrected chi connectivity index (χ3v) is 5.35. The smallest absolute Gasteiger partial charge is 0.198 e. The van der Waals surface area contributed by atoms with Gasteiger partial charge in [-0.05, 0) is 31.0 Å². The highest BCUT2D eigenvalue weighted by atomic mass is 16.5. The second kappa shape index (κ2) is 4.88. The lowest BCUT2D eigenvalue weighted by molar-refractivity contribution is -0.140. The molecule has 0 N–H and O–H groups in total. The van der Waals surface area contributed by atoms with Gasteiger partial charge in [0.1, 0.15) is 17.2 Å². The van der Waals surface area contributed by atoms with Crippen LogP contribution in [0, 0.1) is 0 Å². The first-order chi connectivity index (χ1) is 11.4. The Morgan fingerprint density at radius 1 is 1.04 bits per heavy atom. The van der Waals surface area contributed by atoms with Gasteiger partial charge < -0.3 is 9.15 Å². The van der Waals surface area contributed by atoms with E-state index in [1.165, 1.54) is 24.8 Å². The quantitative estimate of drug-likeness (QED) is 0.779. The number of para-hydroxylation sites is 1. The van der Waals surface area contributed by atoms with Crippen molar-refractivity contribution in [3.8, 4) is 5.75 Å². The Morgan fingerprint density at radius 2 is 1.91 bits per heavy atom. The van der Waals surface area contributed by atoms with E-state index in [1.807, 2.05) is 12.1 Å². The summed E-state index contributed by atoms with van der Waals surface area (Å²) in [7, 11) is 0. The summed E-state index contributed by atoms with van der Waals surface area (Å²) in [6, 6.07) is 12.6. The van der Waals surface area contributed by atoms with Crippen LogP contribution in [-0.2, 0) is 0 Å². The molecule has 23 heavy (non-hydrogen) atoms. The molecule has 1 aliphatic carbocycles. The average molecular weight is 308 g/mol. The highest BCUT2D eigenvalue weighted by Gasteiger charge is 2.50. The summed E-state index contributed by atoms with van der Waals surface area (Å²) in [5, 5.41) is 7.20. The Kier molecular flexibility index (Phi) is 2.81. The minimum Gasteiger partial charge on any atom is -0.466 e. The molecule has 1 saturated carbocycles. The number of hydrogen-bond acceptors (Lipinski definition) is 4. The second-order valence-electron chi connectivity index (χ2n) is 6.74. The highest BCUT2D eigenvalue weighted by Crippen LogP contribution is 2.51. The second-order valence-corrected chi connectivity index (χ2v) is 6.74. The molecule has 0 radical (unpaired) electrons. The zero-order valence-corrected chi connectivity index (χ0v) is 13.1. The minimum absolute atomic E-state index is 0.262. The number of hydrogen-bond donors (Lipinski definition) is 0. The van der Waals surface area contributed by atoms with E-state index >= 15 is 0 Å². The van der Waals surface area contributed by atoms with Crippen molar-refractivity contribution in [3.05, 3.63) is 54.0 Å². The fraction of sp³-hybridized carbons (Fsp3) is 0.421. The first-order valence-corrected chi connectivity index (χ1v) is 8.54. The van der Waals surface area contributed by atoms with Crippen molar-refractivity contribution in [1.29, 1.82) is 0 Å². The molecule has 1 spiro atoms. The van der Waals surface area contributed by atoms with E-state index in [9.17, 15) is 0 Å². The van der Waals surface area contributed by atoms with Crippen molar-refractivity contribution in [1.82, 2.24) is 5.01 Å². The molecular formula is C19H20N2O2. The average Bonchev–Trinajstić information content (AvgIpc) is 3.26. The van der Waals surface area contributed by atoms with E-state index in [-0.39, 0.29) is 11.8 Å². The maximum Gasteiger partial charge on any atom is 0.198 e. The largest absolute Gasteiger partial charge is 0.466 e. The Morgan fingerprint density at radius 3 is 2.74 bits per heavy atom. The Hall–Kier alpha value is -2.23. The predicted octanol–water partition coefficient (Wildman–Crippen LogP) is 4.48. The van der Waals surface area contributed by atoms with Crippen LogP contribution in [-0.4, -0.2) is 16.4 Å². The topological polar surface area (TPSA) is 38.0 Å². The van der Waals surface area contributed by atoms with Crippen molar-refractivity contribution in [2.24, 2.45) is 5.10 Å². The molecule has 0 bridgehead atoms. The number of fused-ring (bicyclic) bond motifs is 4. The van der Waals surface area contributed by atoms with E-state index in [0.717, 1.165) is 36.5 Å². The lowest BCUT2D eigenvalue weighted by Gasteiger charge is -2.49. The molecule has 1 aromatic carbocycles. The fourth-order valence-electron chi connectivity index (χ4n) is 4.26. The van der Waals surface area contributed by atoms with Crippen LogP contribution in [0.15, 0.2) is 52.2 Å².